The third-order valence-corrected chi connectivity index (χ3v) is 6.89. The van der Waals surface area contributed by atoms with Crippen molar-refractivity contribution in [1.29, 1.82) is 0 Å². The maximum Gasteiger partial charge on any atom is 0.255 e. The Morgan fingerprint density at radius 1 is 1.18 bits per heavy atom. The van der Waals surface area contributed by atoms with Crippen molar-refractivity contribution in [2.75, 3.05) is 12.4 Å². The number of benzene rings is 2. The number of aryl methyl sites for hydroxylation is 1. The first kappa shape index (κ1) is 23.6. The van der Waals surface area contributed by atoms with Crippen LogP contribution in [0.1, 0.15) is 49.8 Å². The van der Waals surface area contributed by atoms with Gasteiger partial charge in [-0.15, -0.1) is 0 Å². The number of carbonyl (C=O) groups excluding carboxylic acids is 1. The molecule has 1 amide bonds. The molecule has 1 fully saturated rings. The van der Waals surface area contributed by atoms with E-state index in [1.807, 2.05) is 50.2 Å². The number of nitrogens with one attached hydrogen (secondary N) is 3. The normalized spacial score (nSPS) is 18.5. The van der Waals surface area contributed by atoms with Crippen molar-refractivity contribution in [3.8, 4) is 11.5 Å². The second kappa shape index (κ2) is 10.1. The van der Waals surface area contributed by atoms with Crippen molar-refractivity contribution in [3.05, 3.63) is 63.3 Å². The van der Waals surface area contributed by atoms with Gasteiger partial charge in [-0.2, -0.15) is 0 Å². The van der Waals surface area contributed by atoms with Gasteiger partial charge in [0.25, 0.3) is 5.91 Å². The summed E-state index contributed by atoms with van der Waals surface area (Å²) >= 11 is 9.07. The SMILES string of the molecule is COc1cc([C@@H]2NC(=S)NC(C)=C2C(=O)Nc2ccccc2C)cc(Br)c1OC1CCCC1. The van der Waals surface area contributed by atoms with Crippen LogP contribution >= 0.6 is 28.1 Å². The lowest BCUT2D eigenvalue weighted by molar-refractivity contribution is -0.113. The Hall–Kier alpha value is -2.58. The van der Waals surface area contributed by atoms with Crippen molar-refractivity contribution in [2.24, 2.45) is 0 Å². The summed E-state index contributed by atoms with van der Waals surface area (Å²) in [4.78, 5) is 13.4. The molecule has 4 rings (SSSR count). The van der Waals surface area contributed by atoms with E-state index in [1.165, 1.54) is 12.8 Å². The Morgan fingerprint density at radius 2 is 1.91 bits per heavy atom. The number of ether oxygens (including phenoxy) is 2. The standard InChI is InChI=1S/C25H28BrN3O3S/c1-14-8-4-7-11-19(14)28-24(30)21-15(2)27-25(33)29-22(21)16-12-18(26)23(20(13-16)31-3)32-17-9-5-6-10-17/h4,7-8,11-13,17,22H,5-6,9-10H2,1-3H3,(H,28,30)(H2,27,29,33)/t22-/m0/s1. The molecule has 1 aliphatic carbocycles. The van der Waals surface area contributed by atoms with Crippen LogP contribution in [0.3, 0.4) is 0 Å². The number of allylic oxidation sites excluding steroid dienone is 1. The van der Waals surface area contributed by atoms with E-state index in [1.54, 1.807) is 7.11 Å². The largest absolute Gasteiger partial charge is 0.493 e. The minimum absolute atomic E-state index is 0.197. The smallest absolute Gasteiger partial charge is 0.255 e. The molecule has 0 unspecified atom stereocenters. The Balaban J connectivity index is 1.68. The maximum atomic E-state index is 13.4. The van der Waals surface area contributed by atoms with E-state index in [2.05, 4.69) is 31.9 Å². The van der Waals surface area contributed by atoms with Crippen LogP contribution in [0.25, 0.3) is 0 Å². The number of hydrogen-bond acceptors (Lipinski definition) is 4. The van der Waals surface area contributed by atoms with Crippen LogP contribution in [0.15, 0.2) is 52.1 Å². The minimum atomic E-state index is -0.450. The number of halogens is 1. The highest BCUT2D eigenvalue weighted by atomic mass is 79.9. The van der Waals surface area contributed by atoms with Crippen molar-refractivity contribution >= 4 is 44.9 Å². The first-order valence-corrected chi connectivity index (χ1v) is 12.3. The van der Waals surface area contributed by atoms with E-state index in [4.69, 9.17) is 21.7 Å². The lowest BCUT2D eigenvalue weighted by atomic mass is 9.94. The van der Waals surface area contributed by atoms with E-state index in [0.717, 1.165) is 34.1 Å². The summed E-state index contributed by atoms with van der Waals surface area (Å²) in [6.07, 6.45) is 4.66. The topological polar surface area (TPSA) is 71.6 Å². The molecule has 174 valence electrons. The Bertz CT molecular complexity index is 1110. The predicted octanol–water partition coefficient (Wildman–Crippen LogP) is 5.52. The van der Waals surface area contributed by atoms with Gasteiger partial charge in [-0.1, -0.05) is 18.2 Å². The zero-order valence-electron chi connectivity index (χ0n) is 19.0. The molecule has 0 radical (unpaired) electrons. The second-order valence-corrected chi connectivity index (χ2v) is 9.66. The molecule has 6 nitrogen and oxygen atoms in total. The van der Waals surface area contributed by atoms with E-state index >= 15 is 0 Å². The van der Waals surface area contributed by atoms with E-state index in [-0.39, 0.29) is 12.0 Å². The molecule has 0 saturated heterocycles. The van der Waals surface area contributed by atoms with Crippen LogP contribution < -0.4 is 25.4 Å². The first-order chi connectivity index (χ1) is 15.9. The number of hydrogen-bond donors (Lipinski definition) is 3. The predicted molar refractivity (Wildman–Crippen MR) is 138 cm³/mol. The summed E-state index contributed by atoms with van der Waals surface area (Å²) < 4.78 is 12.7. The summed E-state index contributed by atoms with van der Waals surface area (Å²) in [5, 5.41) is 9.84. The fraction of sp³-hybridized carbons (Fsp3) is 0.360. The summed E-state index contributed by atoms with van der Waals surface area (Å²) in [5.41, 5.74) is 3.87. The Morgan fingerprint density at radius 3 is 2.61 bits per heavy atom. The van der Waals surface area contributed by atoms with Gasteiger partial charge in [0.1, 0.15) is 0 Å². The molecule has 8 heteroatoms. The van der Waals surface area contributed by atoms with Crippen molar-refractivity contribution in [2.45, 2.75) is 51.7 Å². The second-order valence-electron chi connectivity index (χ2n) is 8.40. The van der Waals surface area contributed by atoms with Gasteiger partial charge in [-0.3, -0.25) is 4.79 Å². The summed E-state index contributed by atoms with van der Waals surface area (Å²) in [6, 6.07) is 11.1. The van der Waals surface area contributed by atoms with Crippen molar-refractivity contribution < 1.29 is 14.3 Å². The summed E-state index contributed by atoms with van der Waals surface area (Å²) in [6.45, 7) is 3.82. The molecule has 1 aliphatic heterocycles. The highest BCUT2D eigenvalue weighted by Gasteiger charge is 2.32. The summed E-state index contributed by atoms with van der Waals surface area (Å²) in [5.74, 6) is 1.11. The molecule has 2 aromatic rings. The third-order valence-electron chi connectivity index (χ3n) is 6.08. The molecule has 33 heavy (non-hydrogen) atoms. The monoisotopic (exact) mass is 529 g/mol. The van der Waals surface area contributed by atoms with Crippen LogP contribution in [-0.4, -0.2) is 24.2 Å². The molecule has 2 aliphatic rings. The third kappa shape index (κ3) is 5.17. The van der Waals surface area contributed by atoms with Gasteiger partial charge in [0.05, 0.1) is 29.3 Å². The number of para-hydroxylation sites is 1. The van der Waals surface area contributed by atoms with Gasteiger partial charge >= 0.3 is 0 Å². The van der Waals surface area contributed by atoms with Gasteiger partial charge in [0.15, 0.2) is 16.6 Å². The fourth-order valence-electron chi connectivity index (χ4n) is 4.34. The number of amides is 1. The highest BCUT2D eigenvalue weighted by Crippen LogP contribution is 2.42. The van der Waals surface area contributed by atoms with Crippen LogP contribution in [0.2, 0.25) is 0 Å². The van der Waals surface area contributed by atoms with Gasteiger partial charge in [-0.05, 0) is 97.0 Å². The quantitative estimate of drug-likeness (QED) is 0.428. The molecule has 0 spiro atoms. The number of rotatable bonds is 6. The maximum absolute atomic E-state index is 13.4. The van der Waals surface area contributed by atoms with E-state index in [0.29, 0.717) is 27.9 Å². The lowest BCUT2D eigenvalue weighted by Crippen LogP contribution is -2.45. The molecule has 3 N–H and O–H groups in total. The van der Waals surface area contributed by atoms with Gasteiger partial charge < -0.3 is 25.4 Å². The van der Waals surface area contributed by atoms with Gasteiger partial charge in [0, 0.05) is 11.4 Å². The Kier molecular flexibility index (Phi) is 7.24. The van der Waals surface area contributed by atoms with E-state index < -0.39 is 6.04 Å². The molecular formula is C25H28BrN3O3S. The Labute approximate surface area is 208 Å². The average molecular weight is 530 g/mol. The van der Waals surface area contributed by atoms with Crippen LogP contribution in [0.5, 0.6) is 11.5 Å². The number of anilines is 1. The van der Waals surface area contributed by atoms with Crippen molar-refractivity contribution in [3.63, 3.8) is 0 Å². The molecule has 1 atom stereocenters. The van der Waals surface area contributed by atoms with Crippen LogP contribution in [-0.2, 0) is 4.79 Å². The van der Waals surface area contributed by atoms with Crippen molar-refractivity contribution in [1.82, 2.24) is 10.6 Å². The zero-order chi connectivity index (χ0) is 23.5. The lowest BCUT2D eigenvalue weighted by Gasteiger charge is -2.31. The van der Waals surface area contributed by atoms with Gasteiger partial charge in [-0.25, -0.2) is 0 Å². The molecule has 1 heterocycles. The van der Waals surface area contributed by atoms with Crippen LogP contribution in [0, 0.1) is 6.92 Å². The summed E-state index contributed by atoms with van der Waals surface area (Å²) in [7, 11) is 1.63. The zero-order valence-corrected chi connectivity index (χ0v) is 21.4. The van der Waals surface area contributed by atoms with E-state index in [9.17, 15) is 4.79 Å². The number of methoxy groups -OCH3 is 1. The van der Waals surface area contributed by atoms with Gasteiger partial charge in [0.2, 0.25) is 0 Å². The minimum Gasteiger partial charge on any atom is -0.493 e. The molecular weight excluding hydrogens is 502 g/mol. The fourth-order valence-corrected chi connectivity index (χ4v) is 5.17. The first-order valence-electron chi connectivity index (χ1n) is 11.1. The average Bonchev–Trinajstić information content (AvgIpc) is 3.29. The van der Waals surface area contributed by atoms with Crippen LogP contribution in [0.4, 0.5) is 5.69 Å². The molecule has 0 aromatic heterocycles. The molecule has 2 aromatic carbocycles. The number of carbonyl (C=O) groups is 1. The highest BCUT2D eigenvalue weighted by molar-refractivity contribution is 9.10. The number of thiocarbonyl (C=S) groups is 1. The molecule has 1 saturated carbocycles. The molecule has 0 bridgehead atoms.